The van der Waals surface area contributed by atoms with Crippen LogP contribution >= 0.6 is 11.8 Å². The molecular weight excluding hydrogens is 392 g/mol. The molecule has 0 unspecified atom stereocenters. The fourth-order valence-electron chi connectivity index (χ4n) is 4.36. The first-order chi connectivity index (χ1) is 14.6. The third-order valence-corrected chi connectivity index (χ3v) is 6.80. The summed E-state index contributed by atoms with van der Waals surface area (Å²) >= 11 is 1.52. The van der Waals surface area contributed by atoms with Crippen LogP contribution in [0.1, 0.15) is 33.1 Å². The molecule has 3 aromatic rings. The molecular formula is C25H28N2O2S. The Morgan fingerprint density at radius 3 is 2.53 bits per heavy atom. The molecule has 5 heteroatoms. The summed E-state index contributed by atoms with van der Waals surface area (Å²) in [5.41, 5.74) is 3.14. The van der Waals surface area contributed by atoms with Crippen LogP contribution in [0.2, 0.25) is 0 Å². The van der Waals surface area contributed by atoms with E-state index in [4.69, 9.17) is 9.72 Å². The number of fused-ring (bicyclic) bond motifs is 1. The number of benzene rings is 2. The van der Waals surface area contributed by atoms with Crippen LogP contribution in [0.3, 0.4) is 0 Å². The van der Waals surface area contributed by atoms with E-state index in [0.717, 1.165) is 45.6 Å². The molecule has 1 aliphatic heterocycles. The summed E-state index contributed by atoms with van der Waals surface area (Å²) in [6, 6.07) is 19.0. The van der Waals surface area contributed by atoms with Crippen molar-refractivity contribution in [3.63, 3.8) is 0 Å². The van der Waals surface area contributed by atoms with Crippen molar-refractivity contribution in [1.82, 2.24) is 9.88 Å². The molecule has 0 bridgehead atoms. The van der Waals surface area contributed by atoms with Gasteiger partial charge in [-0.25, -0.2) is 4.98 Å². The molecule has 2 heterocycles. The number of carbonyl (C=O) groups is 1. The van der Waals surface area contributed by atoms with Gasteiger partial charge in [0, 0.05) is 23.5 Å². The number of aromatic nitrogens is 1. The van der Waals surface area contributed by atoms with Crippen molar-refractivity contribution in [2.75, 3.05) is 12.9 Å². The Hall–Kier alpha value is -2.53. The molecule has 0 N–H and O–H groups in total. The van der Waals surface area contributed by atoms with Crippen LogP contribution in [0.25, 0.3) is 22.0 Å². The van der Waals surface area contributed by atoms with Crippen molar-refractivity contribution in [3.05, 3.63) is 54.6 Å². The highest BCUT2D eigenvalue weighted by molar-refractivity contribution is 7.99. The zero-order valence-corrected chi connectivity index (χ0v) is 18.6. The Balaban J connectivity index is 1.64. The molecule has 0 spiro atoms. The average Bonchev–Trinajstić information content (AvgIpc) is 2.77. The lowest BCUT2D eigenvalue weighted by molar-refractivity contribution is -0.134. The van der Waals surface area contributed by atoms with Crippen molar-refractivity contribution in [3.8, 4) is 16.9 Å². The second kappa shape index (κ2) is 9.09. The van der Waals surface area contributed by atoms with Gasteiger partial charge < -0.3 is 9.64 Å². The lowest BCUT2D eigenvalue weighted by Crippen LogP contribution is -2.48. The summed E-state index contributed by atoms with van der Waals surface area (Å²) in [6.07, 6.45) is 3.38. The summed E-state index contributed by atoms with van der Waals surface area (Å²) in [6.45, 7) is 4.32. The van der Waals surface area contributed by atoms with E-state index in [-0.39, 0.29) is 5.91 Å². The number of hydrogen-bond acceptors (Lipinski definition) is 4. The minimum atomic E-state index is 0.202. The molecule has 2 aromatic carbocycles. The van der Waals surface area contributed by atoms with Crippen LogP contribution in [-0.2, 0) is 4.79 Å². The van der Waals surface area contributed by atoms with E-state index in [0.29, 0.717) is 17.8 Å². The molecule has 1 fully saturated rings. The van der Waals surface area contributed by atoms with E-state index in [1.54, 1.807) is 7.11 Å². The van der Waals surface area contributed by atoms with Crippen molar-refractivity contribution in [2.45, 2.75) is 50.2 Å². The maximum absolute atomic E-state index is 13.0. The van der Waals surface area contributed by atoms with E-state index in [2.05, 4.69) is 43.0 Å². The maximum Gasteiger partial charge on any atom is 0.233 e. The average molecular weight is 421 g/mol. The van der Waals surface area contributed by atoms with Crippen molar-refractivity contribution >= 4 is 28.6 Å². The van der Waals surface area contributed by atoms with Gasteiger partial charge in [0.1, 0.15) is 5.75 Å². The highest BCUT2D eigenvalue weighted by Crippen LogP contribution is 2.34. The topological polar surface area (TPSA) is 42.4 Å². The van der Waals surface area contributed by atoms with E-state index in [9.17, 15) is 4.79 Å². The minimum absolute atomic E-state index is 0.202. The molecule has 4 nitrogen and oxygen atoms in total. The molecule has 1 aliphatic rings. The lowest BCUT2D eigenvalue weighted by atomic mass is 9.98. The Bertz CT molecular complexity index is 1030. The van der Waals surface area contributed by atoms with Gasteiger partial charge in [0.2, 0.25) is 5.91 Å². The second-order valence-corrected chi connectivity index (χ2v) is 8.97. The van der Waals surface area contributed by atoms with Crippen LogP contribution < -0.4 is 4.74 Å². The minimum Gasteiger partial charge on any atom is -0.497 e. The third kappa shape index (κ3) is 4.31. The summed E-state index contributed by atoms with van der Waals surface area (Å²) < 4.78 is 5.40. The van der Waals surface area contributed by atoms with Crippen molar-refractivity contribution < 1.29 is 9.53 Å². The number of pyridine rings is 1. The zero-order valence-electron chi connectivity index (χ0n) is 17.8. The SMILES string of the molecule is COc1ccc2c(-c3ccccc3)cc(SCC(=O)N3[C@H](C)CCC[C@H]3C)nc2c1. The summed E-state index contributed by atoms with van der Waals surface area (Å²) in [4.78, 5) is 19.9. The predicted molar refractivity (Wildman–Crippen MR) is 124 cm³/mol. The summed E-state index contributed by atoms with van der Waals surface area (Å²) in [7, 11) is 1.66. The fourth-order valence-corrected chi connectivity index (χ4v) is 5.15. The number of thioether (sulfide) groups is 1. The van der Waals surface area contributed by atoms with Gasteiger partial charge in [-0.1, -0.05) is 42.1 Å². The molecule has 1 saturated heterocycles. The first-order valence-electron chi connectivity index (χ1n) is 10.5. The van der Waals surface area contributed by atoms with Crippen LogP contribution in [0.15, 0.2) is 59.6 Å². The number of likely N-dealkylation sites (tertiary alicyclic amines) is 1. The first kappa shape index (κ1) is 20.7. The number of rotatable bonds is 5. The Labute approximate surface area is 182 Å². The van der Waals surface area contributed by atoms with Crippen LogP contribution in [0, 0.1) is 0 Å². The zero-order chi connectivity index (χ0) is 21.1. The Morgan fingerprint density at radius 2 is 1.83 bits per heavy atom. The number of amides is 1. The molecule has 156 valence electrons. The van der Waals surface area contributed by atoms with Crippen LogP contribution in [-0.4, -0.2) is 40.7 Å². The van der Waals surface area contributed by atoms with E-state index >= 15 is 0 Å². The fraction of sp³-hybridized carbons (Fsp3) is 0.360. The molecule has 0 aliphatic carbocycles. The monoisotopic (exact) mass is 420 g/mol. The highest BCUT2D eigenvalue weighted by atomic mass is 32.2. The van der Waals surface area contributed by atoms with E-state index in [1.807, 2.05) is 30.3 Å². The highest BCUT2D eigenvalue weighted by Gasteiger charge is 2.28. The van der Waals surface area contributed by atoms with Crippen molar-refractivity contribution in [2.24, 2.45) is 0 Å². The van der Waals surface area contributed by atoms with Gasteiger partial charge in [-0.2, -0.15) is 0 Å². The van der Waals surface area contributed by atoms with Gasteiger partial charge in [0.15, 0.2) is 0 Å². The predicted octanol–water partition coefficient (Wildman–Crippen LogP) is 5.79. The standard InChI is InChI=1S/C25H28N2O2S/c1-17-8-7-9-18(2)27(17)25(28)16-30-24-15-22(19-10-5-4-6-11-19)21-13-12-20(29-3)14-23(21)26-24/h4-6,10-15,17-18H,7-9,16H2,1-3H3/t17-,18-/m1/s1. The summed E-state index contributed by atoms with van der Waals surface area (Å²) in [5.74, 6) is 1.39. The van der Waals surface area contributed by atoms with E-state index < -0.39 is 0 Å². The number of nitrogens with zero attached hydrogens (tertiary/aromatic N) is 2. The van der Waals surface area contributed by atoms with Gasteiger partial charge in [-0.3, -0.25) is 4.79 Å². The van der Waals surface area contributed by atoms with Gasteiger partial charge in [0.05, 0.1) is 23.4 Å². The normalized spacial score (nSPS) is 19.1. The lowest BCUT2D eigenvalue weighted by Gasteiger charge is -2.39. The smallest absolute Gasteiger partial charge is 0.233 e. The van der Waals surface area contributed by atoms with Crippen LogP contribution in [0.5, 0.6) is 5.75 Å². The molecule has 2 atom stereocenters. The summed E-state index contributed by atoms with van der Waals surface area (Å²) in [5, 5.41) is 1.94. The number of carbonyl (C=O) groups excluding carboxylic acids is 1. The number of ether oxygens (including phenoxy) is 1. The number of piperidine rings is 1. The molecule has 0 radical (unpaired) electrons. The maximum atomic E-state index is 13.0. The number of methoxy groups -OCH3 is 1. The quantitative estimate of drug-likeness (QED) is 0.490. The number of hydrogen-bond donors (Lipinski definition) is 0. The van der Waals surface area contributed by atoms with E-state index in [1.165, 1.54) is 18.2 Å². The first-order valence-corrected chi connectivity index (χ1v) is 11.5. The largest absolute Gasteiger partial charge is 0.497 e. The molecule has 4 rings (SSSR count). The van der Waals surface area contributed by atoms with Crippen LogP contribution in [0.4, 0.5) is 0 Å². The third-order valence-electron chi connectivity index (χ3n) is 5.90. The Morgan fingerprint density at radius 1 is 1.10 bits per heavy atom. The van der Waals surface area contributed by atoms with Crippen molar-refractivity contribution in [1.29, 1.82) is 0 Å². The van der Waals surface area contributed by atoms with Gasteiger partial charge in [0.25, 0.3) is 0 Å². The molecule has 0 saturated carbocycles. The second-order valence-electron chi connectivity index (χ2n) is 7.98. The van der Waals surface area contributed by atoms with Gasteiger partial charge in [-0.05, 0) is 62.4 Å². The van der Waals surface area contributed by atoms with Gasteiger partial charge in [-0.15, -0.1) is 0 Å². The molecule has 1 amide bonds. The molecule has 30 heavy (non-hydrogen) atoms. The Kier molecular flexibility index (Phi) is 6.28. The molecule has 1 aromatic heterocycles. The van der Waals surface area contributed by atoms with Gasteiger partial charge >= 0.3 is 0 Å².